The number of rotatable bonds is 34. The maximum atomic E-state index is 16.4. The molecule has 702 valence electrons. The molecule has 0 radical (unpaired) electrons. The Morgan fingerprint density at radius 3 is 0.802 bits per heavy atom. The predicted octanol–water partition coefficient (Wildman–Crippen LogP) is 17.3. The Balaban J connectivity index is 1.30. The summed E-state index contributed by atoms with van der Waals surface area (Å²) >= 11 is 0. The number of aryl methyl sites for hydroxylation is 21. The molecule has 0 saturated carbocycles. The smallest absolute Gasteiger partial charge is 0.339 e. The Labute approximate surface area is 765 Å². The summed E-state index contributed by atoms with van der Waals surface area (Å²) in [6.45, 7) is 37.6. The number of ether oxygens (including phenoxy) is 16. The zero-order chi connectivity index (χ0) is 96.0. The molecule has 0 aromatic heterocycles. The van der Waals surface area contributed by atoms with Crippen molar-refractivity contribution in [2.45, 2.75) is 297 Å². The van der Waals surface area contributed by atoms with E-state index in [1.54, 1.807) is 182 Å². The second kappa shape index (κ2) is 45.0. The van der Waals surface area contributed by atoms with Crippen LogP contribution in [0.3, 0.4) is 0 Å². The van der Waals surface area contributed by atoms with Gasteiger partial charge in [0, 0.05) is 38.8 Å². The van der Waals surface area contributed by atoms with Crippen LogP contribution in [0, 0.1) is 145 Å². The summed E-state index contributed by atoms with van der Waals surface area (Å²) in [5, 5.41) is 3.64. The Morgan fingerprint density at radius 1 is 0.275 bits per heavy atom. The normalized spacial score (nSPS) is 21.7. The van der Waals surface area contributed by atoms with Crippen LogP contribution >= 0.6 is 0 Å². The lowest BCUT2D eigenvalue weighted by Crippen LogP contribution is -2.69. The number of carbonyl (C=O) groups excluding carboxylic acids is 10. The summed E-state index contributed by atoms with van der Waals surface area (Å²) in [5.41, 5.74) is 20.9. The summed E-state index contributed by atoms with van der Waals surface area (Å²) in [5.74, 6) is -9.92. The SMILES string of the molecule is CC(=O)OC[C@H]1O[C@@H](OCCCCCCCCN=[N+]=[N-])[C@H](OC(C)=O)[C@@H](O[C@@H]2O[C@H](COC(=O)c3c(C)cc(C)cc3C)[C@H](OC(=O)c3c(C)cc(C)cc3C)[C@H](O[C@@H]3O[C@H](COC(=O)c4c(C)cc(C)cc4C)[C@H](OC(=O)c4c(C)cc(C)cc4C)[C@H](OC(=O)c4c(C)cc(C)cc4C)[C@H]3OC(=O)c3c(C)cc(C)cc3C)[C@H]2OC(=O)c2c(C)cc(C)cc2C)[C@H]1OC(C)=O. The molecular formula is C102H123N3O26. The van der Waals surface area contributed by atoms with E-state index >= 15 is 33.6 Å². The van der Waals surface area contributed by atoms with Crippen molar-refractivity contribution in [3.63, 3.8) is 0 Å². The fraction of sp³-hybridized carbons (Fsp3) is 0.490. The van der Waals surface area contributed by atoms with Crippen molar-refractivity contribution in [3.05, 3.63) is 251 Å². The maximum absolute atomic E-state index is 16.4. The van der Waals surface area contributed by atoms with Gasteiger partial charge in [0.05, 0.1) is 38.9 Å². The van der Waals surface area contributed by atoms with Crippen molar-refractivity contribution in [1.29, 1.82) is 0 Å². The molecule has 7 aromatic carbocycles. The average molecular weight is 1810 g/mol. The Hall–Kier alpha value is -11.7. The van der Waals surface area contributed by atoms with E-state index in [0.717, 1.165) is 79.0 Å². The summed E-state index contributed by atoms with van der Waals surface area (Å²) in [7, 11) is 0. The number of hydrogen-bond donors (Lipinski definition) is 0. The van der Waals surface area contributed by atoms with Gasteiger partial charge in [0.25, 0.3) is 0 Å². The molecular weight excluding hydrogens is 1680 g/mol. The van der Waals surface area contributed by atoms with Crippen LogP contribution in [-0.4, -0.2) is 185 Å². The number of benzene rings is 7. The molecule has 29 nitrogen and oxygen atoms in total. The van der Waals surface area contributed by atoms with Crippen molar-refractivity contribution in [1.82, 2.24) is 0 Å². The van der Waals surface area contributed by atoms with Crippen LogP contribution in [0.4, 0.5) is 0 Å². The summed E-state index contributed by atoms with van der Waals surface area (Å²) in [6, 6.07) is 24.6. The third kappa shape index (κ3) is 25.3. The zero-order valence-electron chi connectivity index (χ0n) is 79.5. The molecule has 3 fully saturated rings. The van der Waals surface area contributed by atoms with E-state index in [1.165, 1.54) is 0 Å². The number of esters is 10. The molecule has 0 bridgehead atoms. The number of hydrogen-bond acceptors (Lipinski definition) is 27. The van der Waals surface area contributed by atoms with Gasteiger partial charge in [0.1, 0.15) is 50.3 Å². The molecule has 15 atom stereocenters. The monoisotopic (exact) mass is 1810 g/mol. The van der Waals surface area contributed by atoms with Gasteiger partial charge in [0.15, 0.2) is 61.6 Å². The van der Waals surface area contributed by atoms with E-state index in [2.05, 4.69) is 10.0 Å². The van der Waals surface area contributed by atoms with E-state index in [9.17, 15) is 14.4 Å². The van der Waals surface area contributed by atoms with Crippen LogP contribution in [0.15, 0.2) is 90.0 Å². The van der Waals surface area contributed by atoms with Gasteiger partial charge in [0.2, 0.25) is 0 Å². The molecule has 10 rings (SSSR count). The molecule has 0 spiro atoms. The molecule has 0 unspecified atom stereocenters. The first-order valence-electron chi connectivity index (χ1n) is 44.3. The van der Waals surface area contributed by atoms with E-state index in [-0.39, 0.29) is 45.6 Å². The largest absolute Gasteiger partial charge is 0.463 e. The molecule has 131 heavy (non-hydrogen) atoms. The van der Waals surface area contributed by atoms with Crippen molar-refractivity contribution < 1.29 is 124 Å². The minimum atomic E-state index is -2.39. The average Bonchev–Trinajstić information content (AvgIpc) is 0.747. The van der Waals surface area contributed by atoms with E-state index < -0.39 is 172 Å². The van der Waals surface area contributed by atoms with E-state index in [0.29, 0.717) is 104 Å². The molecule has 0 N–H and O–H groups in total. The minimum Gasteiger partial charge on any atom is -0.463 e. The second-order valence-corrected chi connectivity index (χ2v) is 35.2. The van der Waals surface area contributed by atoms with E-state index in [1.807, 2.05) is 48.5 Å². The fourth-order valence-corrected chi connectivity index (χ4v) is 18.7. The van der Waals surface area contributed by atoms with Crippen molar-refractivity contribution in [3.8, 4) is 0 Å². The lowest BCUT2D eigenvalue weighted by molar-refractivity contribution is -0.379. The van der Waals surface area contributed by atoms with Gasteiger partial charge < -0.3 is 75.8 Å². The zero-order valence-corrected chi connectivity index (χ0v) is 79.5. The van der Waals surface area contributed by atoms with Gasteiger partial charge in [-0.25, -0.2) is 33.6 Å². The first kappa shape index (κ1) is 101. The van der Waals surface area contributed by atoms with Gasteiger partial charge in [-0.05, 0) is 242 Å². The third-order valence-electron chi connectivity index (χ3n) is 23.5. The van der Waals surface area contributed by atoms with Crippen LogP contribution in [0.5, 0.6) is 0 Å². The van der Waals surface area contributed by atoms with Gasteiger partial charge in [-0.3, -0.25) is 14.4 Å². The van der Waals surface area contributed by atoms with Crippen LogP contribution in [0.25, 0.3) is 10.4 Å². The molecule has 3 heterocycles. The summed E-state index contributed by atoms with van der Waals surface area (Å²) in [6.07, 6.45) is -26.8. The highest BCUT2D eigenvalue weighted by Crippen LogP contribution is 2.42. The van der Waals surface area contributed by atoms with Crippen molar-refractivity contribution >= 4 is 59.7 Å². The first-order chi connectivity index (χ1) is 61.9. The van der Waals surface area contributed by atoms with E-state index in [4.69, 9.17) is 81.3 Å². The van der Waals surface area contributed by atoms with Gasteiger partial charge >= 0.3 is 59.7 Å². The Bertz CT molecular complexity index is 5370. The molecule has 0 amide bonds. The van der Waals surface area contributed by atoms with Gasteiger partial charge in [-0.15, -0.1) is 0 Å². The lowest BCUT2D eigenvalue weighted by Gasteiger charge is -2.50. The van der Waals surface area contributed by atoms with Crippen LogP contribution in [-0.2, 0) is 90.2 Å². The standard InChI is InChI=1S/C102H123N3O26/c1-50-33-57(8)77(58(9)34-50)93(109)118-48-75-85(125-95(111)79-61(12)37-52(3)38-62(79)13)87(127-97(113)81-65(16)41-54(5)42-66(81)17)91(128-98(114)82-67(18)43-55(6)44-68(82)19)101(123-75)131-89-86(126-96(112)80-63(14)39-53(4)40-64(80)15)76(49-119-94(110)78-59(10)35-51(2)36-60(78)11)124-102(92(89)129-99(115)83-69(20)45-56(7)46-70(83)21)130-88-84(120-72(23)107)74(47-117-71(22)106)122-100(90(88)121-73(24)108)116-32-30-28-26-25-27-29-31-104-105-103/h33-46,74-76,84-92,100-102H,25-32,47-49H2,1-24H3/t74-,75-,76-,84+,85+,86+,87+,88+,89+,90-,91-,92-,100-,101+,102+/m1/s1. The minimum absolute atomic E-state index is 0.00142. The molecule has 29 heteroatoms. The Morgan fingerprint density at radius 2 is 0.504 bits per heavy atom. The molecule has 0 aliphatic carbocycles. The fourth-order valence-electron chi connectivity index (χ4n) is 18.7. The highest BCUT2D eigenvalue weighted by molar-refractivity contribution is 5.97. The molecule has 3 aliphatic rings. The Kier molecular flexibility index (Phi) is 34.8. The topological polar surface area (TPSA) is 367 Å². The van der Waals surface area contributed by atoms with Crippen molar-refractivity contribution in [2.75, 3.05) is 33.0 Å². The second-order valence-electron chi connectivity index (χ2n) is 35.2. The van der Waals surface area contributed by atoms with Gasteiger partial charge in [-0.2, -0.15) is 0 Å². The number of unbranched alkanes of at least 4 members (excludes halogenated alkanes) is 5. The van der Waals surface area contributed by atoms with Crippen molar-refractivity contribution in [2.24, 2.45) is 5.11 Å². The number of nitrogens with zero attached hydrogens (tertiary/aromatic N) is 3. The highest BCUT2D eigenvalue weighted by Gasteiger charge is 2.62. The maximum Gasteiger partial charge on any atom is 0.339 e. The molecule has 3 aliphatic heterocycles. The number of carbonyl (C=O) groups is 10. The van der Waals surface area contributed by atoms with Crippen LogP contribution in [0.1, 0.15) is 249 Å². The van der Waals surface area contributed by atoms with Crippen LogP contribution in [0.2, 0.25) is 0 Å². The predicted molar refractivity (Wildman–Crippen MR) is 482 cm³/mol. The highest BCUT2D eigenvalue weighted by atomic mass is 16.8. The lowest BCUT2D eigenvalue weighted by atomic mass is 9.94. The molecule has 7 aromatic rings. The van der Waals surface area contributed by atoms with Gasteiger partial charge in [-0.1, -0.05) is 155 Å². The quantitative estimate of drug-likeness (QED) is 0.00902. The number of azide groups is 1. The van der Waals surface area contributed by atoms with Crippen LogP contribution < -0.4 is 0 Å². The summed E-state index contributed by atoms with van der Waals surface area (Å²) in [4.78, 5) is 155. The third-order valence-corrected chi connectivity index (χ3v) is 23.5. The first-order valence-corrected chi connectivity index (χ1v) is 44.3. The molecule has 3 saturated heterocycles. The summed E-state index contributed by atoms with van der Waals surface area (Å²) < 4.78 is 109.